The number of piperidine rings is 1. The summed E-state index contributed by atoms with van der Waals surface area (Å²) in [6.45, 7) is 2.14. The van der Waals surface area contributed by atoms with Crippen LogP contribution >= 0.6 is 0 Å². The van der Waals surface area contributed by atoms with Crippen molar-refractivity contribution in [3.63, 3.8) is 0 Å². The van der Waals surface area contributed by atoms with Gasteiger partial charge >= 0.3 is 0 Å². The Kier molecular flexibility index (Phi) is 6.88. The van der Waals surface area contributed by atoms with Crippen molar-refractivity contribution in [1.82, 2.24) is 15.1 Å². The molecule has 0 radical (unpaired) electrons. The van der Waals surface area contributed by atoms with Gasteiger partial charge in [-0.25, -0.2) is 0 Å². The zero-order valence-electron chi connectivity index (χ0n) is 19.7. The molecule has 3 unspecified atom stereocenters. The standard InChI is InChI=1S/C26H37N3O4/c1-28-14-5-8-22(28)26(31)27-21-7-4-15-29-23(21)16-32-19-12-10-18(11-13-19)20-6-2-3-9-24(20)33-17-25(29)30/h2-3,6,9,18-19,21-23H,4-5,7-8,10-17H2,1H3,(H,27,31). The Balaban J connectivity index is 1.36. The van der Waals surface area contributed by atoms with Crippen LogP contribution in [0.3, 0.4) is 0 Å². The normalized spacial score (nSPS) is 33.2. The highest BCUT2D eigenvalue weighted by Crippen LogP contribution is 2.39. The number of carbonyl (C=O) groups excluding carboxylic acids is 2. The summed E-state index contributed by atoms with van der Waals surface area (Å²) < 4.78 is 12.5. The number of ether oxygens (including phenoxy) is 2. The van der Waals surface area contributed by atoms with Gasteiger partial charge in [-0.1, -0.05) is 18.2 Å². The molecule has 1 aliphatic carbocycles. The molecule has 7 nitrogen and oxygen atoms in total. The number of likely N-dealkylation sites (N-methyl/N-ethyl adjacent to an activating group) is 1. The monoisotopic (exact) mass is 455 g/mol. The maximum absolute atomic E-state index is 13.3. The van der Waals surface area contributed by atoms with E-state index < -0.39 is 0 Å². The second-order valence-electron chi connectivity index (χ2n) is 10.2. The molecule has 1 aromatic carbocycles. The molecule has 2 bridgehead atoms. The van der Waals surface area contributed by atoms with Gasteiger partial charge in [-0.3, -0.25) is 14.5 Å². The number of fused-ring (bicyclic) bond motifs is 5. The van der Waals surface area contributed by atoms with Gasteiger partial charge in [0.1, 0.15) is 5.75 Å². The lowest BCUT2D eigenvalue weighted by atomic mass is 9.82. The van der Waals surface area contributed by atoms with E-state index in [1.54, 1.807) is 0 Å². The molecule has 4 aliphatic heterocycles. The minimum absolute atomic E-state index is 0.0235. The van der Waals surface area contributed by atoms with Crippen LogP contribution < -0.4 is 10.1 Å². The van der Waals surface area contributed by atoms with E-state index in [4.69, 9.17) is 9.47 Å². The zero-order valence-corrected chi connectivity index (χ0v) is 19.7. The van der Waals surface area contributed by atoms with Crippen LogP contribution in [0.5, 0.6) is 5.75 Å². The lowest BCUT2D eigenvalue weighted by Crippen LogP contribution is -2.61. The number of benzene rings is 1. The Morgan fingerprint density at radius 3 is 2.61 bits per heavy atom. The summed E-state index contributed by atoms with van der Waals surface area (Å²) in [4.78, 5) is 30.4. The van der Waals surface area contributed by atoms with Crippen molar-refractivity contribution in [3.8, 4) is 5.75 Å². The van der Waals surface area contributed by atoms with Gasteiger partial charge in [-0.05, 0) is 82.5 Å². The van der Waals surface area contributed by atoms with Crippen LogP contribution in [-0.4, -0.2) is 79.2 Å². The van der Waals surface area contributed by atoms with Crippen LogP contribution in [-0.2, 0) is 14.3 Å². The van der Waals surface area contributed by atoms with Crippen molar-refractivity contribution in [2.24, 2.45) is 0 Å². The van der Waals surface area contributed by atoms with Gasteiger partial charge in [0.25, 0.3) is 5.91 Å². The van der Waals surface area contributed by atoms with E-state index in [1.807, 2.05) is 24.1 Å². The van der Waals surface area contributed by atoms with E-state index in [1.165, 1.54) is 5.56 Å². The number of para-hydroxylation sites is 1. The third-order valence-electron chi connectivity index (χ3n) is 8.14. The van der Waals surface area contributed by atoms with E-state index in [0.717, 1.165) is 63.7 Å². The fourth-order valence-electron chi connectivity index (χ4n) is 6.21. The molecule has 180 valence electrons. The molecule has 2 saturated heterocycles. The number of rotatable bonds is 2. The zero-order chi connectivity index (χ0) is 22.8. The highest BCUT2D eigenvalue weighted by atomic mass is 16.5. The quantitative estimate of drug-likeness (QED) is 0.743. The first-order valence-corrected chi connectivity index (χ1v) is 12.7. The van der Waals surface area contributed by atoms with E-state index >= 15 is 0 Å². The maximum atomic E-state index is 13.3. The summed E-state index contributed by atoms with van der Waals surface area (Å²) in [5.41, 5.74) is 1.21. The Bertz CT molecular complexity index is 854. The van der Waals surface area contributed by atoms with Gasteiger partial charge < -0.3 is 19.7 Å². The van der Waals surface area contributed by atoms with Crippen LogP contribution in [0.1, 0.15) is 62.8 Å². The average molecular weight is 456 g/mol. The molecule has 5 aliphatic rings. The maximum Gasteiger partial charge on any atom is 0.260 e. The van der Waals surface area contributed by atoms with Crippen LogP contribution in [0.15, 0.2) is 24.3 Å². The van der Waals surface area contributed by atoms with Gasteiger partial charge in [-0.2, -0.15) is 0 Å². The summed E-state index contributed by atoms with van der Waals surface area (Å²) in [6, 6.07) is 7.85. The summed E-state index contributed by atoms with van der Waals surface area (Å²) in [5.74, 6) is 1.34. The first kappa shape index (κ1) is 22.7. The van der Waals surface area contributed by atoms with E-state index in [9.17, 15) is 9.59 Å². The fourth-order valence-corrected chi connectivity index (χ4v) is 6.21. The van der Waals surface area contributed by atoms with E-state index in [0.29, 0.717) is 19.1 Å². The first-order chi connectivity index (χ1) is 16.1. The second kappa shape index (κ2) is 10.0. The molecule has 1 aromatic rings. The number of hydrogen-bond acceptors (Lipinski definition) is 5. The van der Waals surface area contributed by atoms with E-state index in [-0.39, 0.29) is 42.7 Å². The molecular weight excluding hydrogens is 418 g/mol. The molecule has 3 atom stereocenters. The molecule has 4 heterocycles. The smallest absolute Gasteiger partial charge is 0.260 e. The first-order valence-electron chi connectivity index (χ1n) is 12.7. The largest absolute Gasteiger partial charge is 0.483 e. The number of nitrogens with zero attached hydrogens (tertiary/aromatic N) is 2. The predicted octanol–water partition coefficient (Wildman–Crippen LogP) is 2.69. The Labute approximate surface area is 196 Å². The van der Waals surface area contributed by atoms with Crippen molar-refractivity contribution in [2.45, 2.75) is 81.5 Å². The van der Waals surface area contributed by atoms with Crippen LogP contribution in [0, 0.1) is 0 Å². The van der Waals surface area contributed by atoms with Gasteiger partial charge in [-0.15, -0.1) is 0 Å². The third kappa shape index (κ3) is 4.90. The molecule has 7 heteroatoms. The molecule has 2 amide bonds. The second-order valence-corrected chi connectivity index (χ2v) is 10.2. The van der Waals surface area contributed by atoms with Gasteiger partial charge in [0.15, 0.2) is 6.61 Å². The molecular formula is C26H37N3O4. The third-order valence-corrected chi connectivity index (χ3v) is 8.14. The Morgan fingerprint density at radius 1 is 1.03 bits per heavy atom. The van der Waals surface area contributed by atoms with E-state index in [2.05, 4.69) is 22.3 Å². The topological polar surface area (TPSA) is 71.1 Å². The van der Waals surface area contributed by atoms with Crippen molar-refractivity contribution in [3.05, 3.63) is 29.8 Å². The fraction of sp³-hybridized carbons (Fsp3) is 0.692. The highest BCUT2D eigenvalue weighted by molar-refractivity contribution is 5.83. The van der Waals surface area contributed by atoms with Crippen molar-refractivity contribution < 1.29 is 19.1 Å². The lowest BCUT2D eigenvalue weighted by Gasteiger charge is -2.42. The van der Waals surface area contributed by atoms with Crippen LogP contribution in [0.25, 0.3) is 0 Å². The molecule has 1 saturated carbocycles. The number of amides is 2. The minimum atomic E-state index is -0.153. The highest BCUT2D eigenvalue weighted by Gasteiger charge is 2.39. The van der Waals surface area contributed by atoms with Gasteiger partial charge in [0.05, 0.1) is 30.8 Å². The molecule has 3 fully saturated rings. The predicted molar refractivity (Wildman–Crippen MR) is 125 cm³/mol. The number of likely N-dealkylation sites (tertiary alicyclic amines) is 1. The molecule has 6 rings (SSSR count). The summed E-state index contributed by atoms with van der Waals surface area (Å²) in [6.07, 6.45) is 8.08. The van der Waals surface area contributed by atoms with Crippen molar-refractivity contribution in [2.75, 3.05) is 33.4 Å². The molecule has 1 N–H and O–H groups in total. The minimum Gasteiger partial charge on any atom is -0.483 e. The van der Waals surface area contributed by atoms with Gasteiger partial charge in [0, 0.05) is 6.54 Å². The number of nitrogens with one attached hydrogen (secondary N) is 1. The summed E-state index contributed by atoms with van der Waals surface area (Å²) in [5, 5.41) is 3.30. The molecule has 0 aromatic heterocycles. The van der Waals surface area contributed by atoms with Crippen molar-refractivity contribution in [1.29, 1.82) is 0 Å². The molecule has 33 heavy (non-hydrogen) atoms. The van der Waals surface area contributed by atoms with Gasteiger partial charge in [0.2, 0.25) is 5.91 Å². The summed E-state index contributed by atoms with van der Waals surface area (Å²) in [7, 11) is 2.02. The van der Waals surface area contributed by atoms with Crippen LogP contribution in [0.2, 0.25) is 0 Å². The number of carbonyl (C=O) groups is 2. The average Bonchev–Trinajstić information content (AvgIpc) is 3.28. The lowest BCUT2D eigenvalue weighted by molar-refractivity contribution is -0.142. The number of hydrogen-bond donors (Lipinski definition) is 1. The summed E-state index contributed by atoms with van der Waals surface area (Å²) >= 11 is 0. The SMILES string of the molecule is CN1CCCC1C(=O)NC1CCCN2C(=O)COc3ccccc3C3CCC(CC3)OCC12. The Hall–Kier alpha value is -2.12. The van der Waals surface area contributed by atoms with Crippen molar-refractivity contribution >= 4 is 11.8 Å². The van der Waals surface area contributed by atoms with Crippen LogP contribution in [0.4, 0.5) is 0 Å². The molecule has 0 spiro atoms. The Morgan fingerprint density at radius 2 is 1.82 bits per heavy atom.